The average Bonchev–Trinajstić information content (AvgIpc) is 3.56. The summed E-state index contributed by atoms with van der Waals surface area (Å²) in [5.41, 5.74) is 4.76. The highest BCUT2D eigenvalue weighted by Gasteiger charge is 2.43. The number of ether oxygens (including phenoxy) is 1. The molecule has 186 valence electrons. The number of alkyl carbamates (subject to hydrolysis) is 1. The molecule has 0 heterocycles. The lowest BCUT2D eigenvalue weighted by Gasteiger charge is -2.18. The number of benzene rings is 2. The Labute approximate surface area is 206 Å². The summed E-state index contributed by atoms with van der Waals surface area (Å²) in [5.74, 6) is -1.20. The Hall–Kier alpha value is -3.35. The van der Waals surface area contributed by atoms with Gasteiger partial charge in [0.2, 0.25) is 5.91 Å². The van der Waals surface area contributed by atoms with Crippen LogP contribution in [0.2, 0.25) is 0 Å². The zero-order chi connectivity index (χ0) is 24.9. The minimum atomic E-state index is -0.782. The molecule has 1 fully saturated rings. The van der Waals surface area contributed by atoms with Crippen LogP contribution in [-0.2, 0) is 14.3 Å². The Bertz CT molecular complexity index is 1040. The molecule has 7 nitrogen and oxygen atoms in total. The van der Waals surface area contributed by atoms with Crippen molar-refractivity contribution in [2.45, 2.75) is 51.5 Å². The number of amides is 2. The largest absolute Gasteiger partial charge is 0.481 e. The summed E-state index contributed by atoms with van der Waals surface area (Å²) in [6, 6.07) is 16.4. The molecular weight excluding hydrogens is 444 g/mol. The van der Waals surface area contributed by atoms with Gasteiger partial charge in [0.1, 0.15) is 6.61 Å². The van der Waals surface area contributed by atoms with Crippen LogP contribution >= 0.6 is 0 Å². The molecule has 0 bridgehead atoms. The van der Waals surface area contributed by atoms with E-state index in [4.69, 9.17) is 9.84 Å². The van der Waals surface area contributed by atoms with Gasteiger partial charge in [0, 0.05) is 24.4 Å². The number of hydrogen-bond acceptors (Lipinski definition) is 4. The van der Waals surface area contributed by atoms with Crippen molar-refractivity contribution < 1.29 is 24.2 Å². The quantitative estimate of drug-likeness (QED) is 0.439. The second-order valence-electron chi connectivity index (χ2n) is 9.89. The number of nitrogens with one attached hydrogen (secondary N) is 2. The second-order valence-corrected chi connectivity index (χ2v) is 9.89. The fourth-order valence-corrected chi connectivity index (χ4v) is 4.96. The summed E-state index contributed by atoms with van der Waals surface area (Å²) >= 11 is 0. The molecule has 0 aliphatic heterocycles. The summed E-state index contributed by atoms with van der Waals surface area (Å²) in [4.78, 5) is 35.6. The smallest absolute Gasteiger partial charge is 0.407 e. The standard InChI is InChI=1S/C28H34N2O5/c1-17(26(31)29-15-19-14-24(19)27(32)33)8-7-9-18(2)30-28(34)35-16-25-22-12-5-3-10-20(22)21-11-4-6-13-23(21)25/h3-6,10-13,17-19,24-25H,7-9,14-16H2,1-2H3,(H,29,31)(H,30,34)(H,32,33). The van der Waals surface area contributed by atoms with Crippen LogP contribution in [0.15, 0.2) is 48.5 Å². The Morgan fingerprint density at radius 3 is 2.23 bits per heavy atom. The Morgan fingerprint density at radius 1 is 1.00 bits per heavy atom. The summed E-state index contributed by atoms with van der Waals surface area (Å²) < 4.78 is 5.61. The van der Waals surface area contributed by atoms with Crippen molar-refractivity contribution in [3.05, 3.63) is 59.7 Å². The molecule has 1 saturated carbocycles. The summed E-state index contributed by atoms with van der Waals surface area (Å²) in [5, 5.41) is 14.7. The van der Waals surface area contributed by atoms with Crippen LogP contribution in [0.5, 0.6) is 0 Å². The van der Waals surface area contributed by atoms with Crippen molar-refractivity contribution in [1.29, 1.82) is 0 Å². The van der Waals surface area contributed by atoms with Gasteiger partial charge >= 0.3 is 12.1 Å². The van der Waals surface area contributed by atoms with Crippen LogP contribution in [0, 0.1) is 17.8 Å². The van der Waals surface area contributed by atoms with Crippen LogP contribution < -0.4 is 10.6 Å². The van der Waals surface area contributed by atoms with Gasteiger partial charge in [-0.2, -0.15) is 0 Å². The summed E-state index contributed by atoms with van der Waals surface area (Å²) in [7, 11) is 0. The first-order valence-corrected chi connectivity index (χ1v) is 12.5. The number of aliphatic carboxylic acids is 1. The molecule has 4 atom stereocenters. The van der Waals surface area contributed by atoms with Gasteiger partial charge in [-0.15, -0.1) is 0 Å². The van der Waals surface area contributed by atoms with Crippen molar-refractivity contribution in [3.63, 3.8) is 0 Å². The van der Waals surface area contributed by atoms with Gasteiger partial charge in [0.25, 0.3) is 0 Å². The van der Waals surface area contributed by atoms with Crippen molar-refractivity contribution in [1.82, 2.24) is 10.6 Å². The lowest BCUT2D eigenvalue weighted by molar-refractivity contribution is -0.139. The second kappa shape index (κ2) is 10.9. The predicted molar refractivity (Wildman–Crippen MR) is 133 cm³/mol. The van der Waals surface area contributed by atoms with E-state index in [1.165, 1.54) is 22.3 Å². The minimum absolute atomic E-state index is 0.0317. The van der Waals surface area contributed by atoms with Gasteiger partial charge in [-0.3, -0.25) is 9.59 Å². The molecule has 4 unspecified atom stereocenters. The van der Waals surface area contributed by atoms with E-state index in [-0.39, 0.29) is 42.2 Å². The van der Waals surface area contributed by atoms with Gasteiger partial charge in [0.15, 0.2) is 0 Å². The van der Waals surface area contributed by atoms with Crippen molar-refractivity contribution in [3.8, 4) is 11.1 Å². The Kier molecular flexibility index (Phi) is 7.73. The van der Waals surface area contributed by atoms with E-state index in [0.29, 0.717) is 19.4 Å². The van der Waals surface area contributed by atoms with Crippen LogP contribution in [0.4, 0.5) is 4.79 Å². The number of rotatable bonds is 11. The lowest BCUT2D eigenvalue weighted by atomic mass is 9.98. The highest BCUT2D eigenvalue weighted by molar-refractivity contribution is 5.79. The SMILES string of the molecule is CC(CCCC(C)C(=O)NCC1CC1C(=O)O)NC(=O)OCC1c2ccccc2-c2ccccc21. The minimum Gasteiger partial charge on any atom is -0.481 e. The average molecular weight is 479 g/mol. The normalized spacial score (nSPS) is 19.7. The summed E-state index contributed by atoms with van der Waals surface area (Å²) in [6.07, 6.45) is 2.45. The number of fused-ring (bicyclic) bond motifs is 3. The lowest BCUT2D eigenvalue weighted by Crippen LogP contribution is -2.34. The van der Waals surface area contributed by atoms with Crippen molar-refractivity contribution in [2.24, 2.45) is 17.8 Å². The maximum Gasteiger partial charge on any atom is 0.407 e. The van der Waals surface area contributed by atoms with Gasteiger partial charge in [0.05, 0.1) is 5.92 Å². The first-order chi connectivity index (χ1) is 16.8. The molecule has 0 aromatic heterocycles. The van der Waals surface area contributed by atoms with E-state index < -0.39 is 12.1 Å². The molecule has 0 saturated heterocycles. The van der Waals surface area contributed by atoms with Crippen molar-refractivity contribution >= 4 is 18.0 Å². The Morgan fingerprint density at radius 2 is 1.63 bits per heavy atom. The van der Waals surface area contributed by atoms with Gasteiger partial charge in [-0.05, 0) is 54.4 Å². The third kappa shape index (κ3) is 6.02. The maximum atomic E-state index is 12.4. The first kappa shape index (κ1) is 24.8. The molecule has 35 heavy (non-hydrogen) atoms. The number of carbonyl (C=O) groups excluding carboxylic acids is 2. The fourth-order valence-electron chi connectivity index (χ4n) is 4.96. The van der Waals surface area contributed by atoms with E-state index in [9.17, 15) is 14.4 Å². The predicted octanol–water partition coefficient (Wildman–Crippen LogP) is 4.56. The van der Waals surface area contributed by atoms with Crippen molar-refractivity contribution in [2.75, 3.05) is 13.2 Å². The van der Waals surface area contributed by atoms with Gasteiger partial charge in [-0.1, -0.05) is 61.9 Å². The van der Waals surface area contributed by atoms with E-state index in [0.717, 1.165) is 12.8 Å². The number of carboxylic acids is 1. The van der Waals surface area contributed by atoms with Crippen LogP contribution in [-0.4, -0.2) is 42.3 Å². The van der Waals surface area contributed by atoms with Crippen LogP contribution in [0.1, 0.15) is 56.6 Å². The highest BCUT2D eigenvalue weighted by atomic mass is 16.5. The van der Waals surface area contributed by atoms with Gasteiger partial charge < -0.3 is 20.5 Å². The van der Waals surface area contributed by atoms with Gasteiger partial charge in [-0.25, -0.2) is 4.79 Å². The highest BCUT2D eigenvalue weighted by Crippen LogP contribution is 2.44. The molecule has 0 spiro atoms. The molecular formula is C28H34N2O5. The molecule has 7 heteroatoms. The van der Waals surface area contributed by atoms with Crippen LogP contribution in [0.3, 0.4) is 0 Å². The molecule has 2 aromatic rings. The monoisotopic (exact) mass is 478 g/mol. The molecule has 3 N–H and O–H groups in total. The van der Waals surface area contributed by atoms with E-state index >= 15 is 0 Å². The van der Waals surface area contributed by atoms with E-state index in [1.807, 2.05) is 38.1 Å². The number of hydrogen-bond donors (Lipinski definition) is 3. The molecule has 2 aromatic carbocycles. The van der Waals surface area contributed by atoms with E-state index in [2.05, 4.69) is 34.9 Å². The van der Waals surface area contributed by atoms with E-state index in [1.54, 1.807) is 0 Å². The zero-order valence-corrected chi connectivity index (χ0v) is 20.3. The summed E-state index contributed by atoms with van der Waals surface area (Å²) in [6.45, 7) is 4.53. The molecule has 2 amide bonds. The third-order valence-electron chi connectivity index (χ3n) is 7.21. The molecule has 2 aliphatic rings. The molecule has 2 aliphatic carbocycles. The van der Waals surface area contributed by atoms with Crippen LogP contribution in [0.25, 0.3) is 11.1 Å². The third-order valence-corrected chi connectivity index (χ3v) is 7.21. The zero-order valence-electron chi connectivity index (χ0n) is 20.3. The molecule has 4 rings (SSSR count). The number of carbonyl (C=O) groups is 3. The maximum absolute atomic E-state index is 12.4. The molecule has 0 radical (unpaired) electrons. The Balaban J connectivity index is 1.15. The first-order valence-electron chi connectivity index (χ1n) is 12.5. The number of carboxylic acid groups (broad SMARTS) is 1. The fraction of sp³-hybridized carbons (Fsp3) is 0.464. The topological polar surface area (TPSA) is 105 Å².